The Bertz CT molecular complexity index is 625. The zero-order valence-electron chi connectivity index (χ0n) is 12.3. The number of hydrogen-bond acceptors (Lipinski definition) is 4. The van der Waals surface area contributed by atoms with Crippen molar-refractivity contribution in [3.63, 3.8) is 0 Å². The monoisotopic (exact) mass is 284 g/mol. The molecular weight excluding hydrogens is 264 g/mol. The molecule has 0 saturated carbocycles. The zero-order valence-corrected chi connectivity index (χ0v) is 12.3. The second-order valence-electron chi connectivity index (χ2n) is 5.13. The number of benzene rings is 1. The van der Waals surface area contributed by atoms with Crippen molar-refractivity contribution in [2.75, 3.05) is 19.8 Å². The second-order valence-corrected chi connectivity index (χ2v) is 5.13. The molecule has 0 aliphatic carbocycles. The number of nitrogens with one attached hydrogen (secondary N) is 1. The predicted molar refractivity (Wildman–Crippen MR) is 83.7 cm³/mol. The van der Waals surface area contributed by atoms with E-state index in [9.17, 15) is 4.79 Å². The minimum atomic E-state index is -0.257. The van der Waals surface area contributed by atoms with Gasteiger partial charge < -0.3 is 16.0 Å². The molecule has 1 heterocycles. The average molecular weight is 284 g/mol. The number of aromatic nitrogens is 1. The van der Waals surface area contributed by atoms with E-state index >= 15 is 0 Å². The van der Waals surface area contributed by atoms with Crippen LogP contribution < -0.4 is 11.1 Å². The lowest BCUT2D eigenvalue weighted by Gasteiger charge is -2.14. The zero-order chi connectivity index (χ0) is 15.2. The van der Waals surface area contributed by atoms with Crippen LogP contribution in [-0.2, 0) is 13.1 Å². The molecule has 0 fully saturated rings. The highest BCUT2D eigenvalue weighted by molar-refractivity contribution is 5.96. The third-order valence-electron chi connectivity index (χ3n) is 3.10. The third-order valence-corrected chi connectivity index (χ3v) is 3.10. The summed E-state index contributed by atoms with van der Waals surface area (Å²) in [5, 5.41) is 2.87. The maximum atomic E-state index is 12.1. The van der Waals surface area contributed by atoms with Gasteiger partial charge in [-0.25, -0.2) is 4.98 Å². The maximum Gasteiger partial charge on any atom is 0.272 e. The molecule has 0 saturated heterocycles. The van der Waals surface area contributed by atoms with E-state index in [1.807, 2.05) is 32.3 Å². The molecule has 0 bridgehead atoms. The van der Waals surface area contributed by atoms with E-state index in [2.05, 4.69) is 21.3 Å². The highest BCUT2D eigenvalue weighted by Crippen LogP contribution is 2.11. The first-order chi connectivity index (χ1) is 10.1. The van der Waals surface area contributed by atoms with Crippen LogP contribution in [0.5, 0.6) is 0 Å². The Balaban J connectivity index is 2.07. The van der Waals surface area contributed by atoms with Gasteiger partial charge in [-0.3, -0.25) is 4.79 Å². The Labute approximate surface area is 124 Å². The van der Waals surface area contributed by atoms with Gasteiger partial charge in [-0.2, -0.15) is 0 Å². The Morgan fingerprint density at radius 1 is 1.19 bits per heavy atom. The van der Waals surface area contributed by atoms with Crippen LogP contribution in [-0.4, -0.2) is 29.9 Å². The van der Waals surface area contributed by atoms with Gasteiger partial charge >= 0.3 is 0 Å². The fraction of sp³-hybridized carbons (Fsp3) is 0.250. The smallest absolute Gasteiger partial charge is 0.272 e. The number of amides is 1. The summed E-state index contributed by atoms with van der Waals surface area (Å²) in [6, 6.07) is 11.4. The molecule has 21 heavy (non-hydrogen) atoms. The molecule has 2 aromatic rings. The van der Waals surface area contributed by atoms with Gasteiger partial charge in [0.05, 0.1) is 5.69 Å². The molecule has 2 rings (SSSR count). The van der Waals surface area contributed by atoms with Crippen LogP contribution in [0.2, 0.25) is 0 Å². The van der Waals surface area contributed by atoms with Gasteiger partial charge in [-0.15, -0.1) is 0 Å². The number of nitrogens with two attached hydrogens (primary N) is 1. The molecule has 3 N–H and O–H groups in total. The normalized spacial score (nSPS) is 10.6. The lowest BCUT2D eigenvalue weighted by molar-refractivity contribution is 0.0947. The number of rotatable bonds is 5. The van der Waals surface area contributed by atoms with Crippen LogP contribution in [0.4, 0.5) is 5.69 Å². The highest BCUT2D eigenvalue weighted by Gasteiger charge is 2.11. The fourth-order valence-corrected chi connectivity index (χ4v) is 2.09. The molecule has 0 unspecified atom stereocenters. The summed E-state index contributed by atoms with van der Waals surface area (Å²) in [7, 11) is 4.04. The molecule has 1 aromatic heterocycles. The SMILES string of the molecule is CN(C)Cc1ccccc1CNC(=O)c1ncccc1N. The van der Waals surface area contributed by atoms with Crippen molar-refractivity contribution in [1.82, 2.24) is 15.2 Å². The second kappa shape index (κ2) is 6.85. The van der Waals surface area contributed by atoms with Crippen molar-refractivity contribution in [3.05, 3.63) is 59.4 Å². The van der Waals surface area contributed by atoms with Crippen molar-refractivity contribution in [1.29, 1.82) is 0 Å². The summed E-state index contributed by atoms with van der Waals surface area (Å²) in [5.74, 6) is -0.257. The minimum absolute atomic E-state index is 0.257. The van der Waals surface area contributed by atoms with E-state index in [1.165, 1.54) is 5.56 Å². The molecular formula is C16H20N4O. The molecule has 1 amide bonds. The minimum Gasteiger partial charge on any atom is -0.397 e. The Kier molecular flexibility index (Phi) is 4.90. The van der Waals surface area contributed by atoms with Gasteiger partial charge in [0.15, 0.2) is 5.69 Å². The first-order valence-corrected chi connectivity index (χ1v) is 6.78. The summed E-state index contributed by atoms with van der Waals surface area (Å²) in [5.41, 5.74) is 8.69. The van der Waals surface area contributed by atoms with E-state index in [-0.39, 0.29) is 11.6 Å². The van der Waals surface area contributed by atoms with Crippen LogP contribution in [0.25, 0.3) is 0 Å². The van der Waals surface area contributed by atoms with E-state index < -0.39 is 0 Å². The Morgan fingerprint density at radius 2 is 1.90 bits per heavy atom. The molecule has 110 valence electrons. The predicted octanol–water partition coefficient (Wildman–Crippen LogP) is 1.66. The van der Waals surface area contributed by atoms with Crippen molar-refractivity contribution in [3.8, 4) is 0 Å². The van der Waals surface area contributed by atoms with Gasteiger partial charge in [0.25, 0.3) is 5.91 Å². The third kappa shape index (κ3) is 4.03. The number of nitrogens with zero attached hydrogens (tertiary/aromatic N) is 2. The molecule has 5 heteroatoms. The quantitative estimate of drug-likeness (QED) is 0.876. The highest BCUT2D eigenvalue weighted by atomic mass is 16.1. The summed E-state index contributed by atoms with van der Waals surface area (Å²) in [6.07, 6.45) is 1.56. The molecule has 0 spiro atoms. The molecule has 1 aromatic carbocycles. The Hall–Kier alpha value is -2.40. The maximum absolute atomic E-state index is 12.1. The van der Waals surface area contributed by atoms with Crippen LogP contribution in [0.1, 0.15) is 21.6 Å². The van der Waals surface area contributed by atoms with Crippen molar-refractivity contribution in [2.24, 2.45) is 0 Å². The van der Waals surface area contributed by atoms with E-state index in [4.69, 9.17) is 5.73 Å². The molecule has 0 radical (unpaired) electrons. The summed E-state index contributed by atoms with van der Waals surface area (Å²) in [4.78, 5) is 18.2. The summed E-state index contributed by atoms with van der Waals surface area (Å²) in [6.45, 7) is 1.29. The lowest BCUT2D eigenvalue weighted by atomic mass is 10.1. The van der Waals surface area contributed by atoms with Crippen molar-refractivity contribution < 1.29 is 4.79 Å². The molecule has 5 nitrogen and oxygen atoms in total. The largest absolute Gasteiger partial charge is 0.397 e. The van der Waals surface area contributed by atoms with Crippen molar-refractivity contribution >= 4 is 11.6 Å². The number of nitrogen functional groups attached to an aromatic ring is 1. The summed E-state index contributed by atoms with van der Waals surface area (Å²) < 4.78 is 0. The van der Waals surface area contributed by atoms with Gasteiger partial charge in [0, 0.05) is 19.3 Å². The Morgan fingerprint density at radius 3 is 2.57 bits per heavy atom. The van der Waals surface area contributed by atoms with Crippen molar-refractivity contribution in [2.45, 2.75) is 13.1 Å². The van der Waals surface area contributed by atoms with E-state index in [0.717, 1.165) is 12.1 Å². The number of pyridine rings is 1. The topological polar surface area (TPSA) is 71.2 Å². The van der Waals surface area contributed by atoms with E-state index in [1.54, 1.807) is 18.3 Å². The first kappa shape index (κ1) is 15.0. The number of hydrogen-bond donors (Lipinski definition) is 2. The van der Waals surface area contributed by atoms with Gasteiger partial charge in [0.2, 0.25) is 0 Å². The van der Waals surface area contributed by atoms with Crippen LogP contribution in [0, 0.1) is 0 Å². The summed E-state index contributed by atoms with van der Waals surface area (Å²) >= 11 is 0. The van der Waals surface area contributed by atoms with Crippen LogP contribution in [0.3, 0.4) is 0 Å². The molecule has 0 aliphatic rings. The van der Waals surface area contributed by atoms with E-state index in [0.29, 0.717) is 12.2 Å². The molecule has 0 aliphatic heterocycles. The number of anilines is 1. The standard InChI is InChI=1S/C16H20N4O/c1-20(2)11-13-7-4-3-6-12(13)10-19-16(21)15-14(17)8-5-9-18-15/h3-9H,10-11,17H2,1-2H3,(H,19,21). The van der Waals surface area contributed by atoms with Crippen LogP contribution >= 0.6 is 0 Å². The van der Waals surface area contributed by atoms with Gasteiger partial charge in [0.1, 0.15) is 0 Å². The number of carbonyl (C=O) groups is 1. The molecule has 0 atom stereocenters. The fourth-order valence-electron chi connectivity index (χ4n) is 2.09. The number of carbonyl (C=O) groups excluding carboxylic acids is 1. The lowest BCUT2D eigenvalue weighted by Crippen LogP contribution is -2.25. The average Bonchev–Trinajstić information content (AvgIpc) is 2.46. The van der Waals surface area contributed by atoms with Gasteiger partial charge in [-0.1, -0.05) is 24.3 Å². The van der Waals surface area contributed by atoms with Crippen LogP contribution in [0.15, 0.2) is 42.6 Å². The first-order valence-electron chi connectivity index (χ1n) is 6.78. The van der Waals surface area contributed by atoms with Gasteiger partial charge in [-0.05, 0) is 37.4 Å².